The molecule has 1 aliphatic heterocycles. The number of nitrogens with zero attached hydrogens (tertiary/aromatic N) is 4. The second-order valence-electron chi connectivity index (χ2n) is 9.21. The molecule has 2 aromatic carbocycles. The number of aromatic nitrogens is 1. The van der Waals surface area contributed by atoms with E-state index in [1.54, 1.807) is 30.2 Å². The molecule has 1 fully saturated rings. The zero-order valence-electron chi connectivity index (χ0n) is 21.7. The number of carbonyl (C=O) groups excluding carboxylic acids is 3. The molecule has 2 heterocycles. The molecular formula is C27H31N5O3S2. The Kier molecular flexibility index (Phi) is 8.19. The van der Waals surface area contributed by atoms with Gasteiger partial charge in [0, 0.05) is 68.9 Å². The zero-order valence-corrected chi connectivity index (χ0v) is 23.3. The largest absolute Gasteiger partial charge is 0.378 e. The van der Waals surface area contributed by atoms with E-state index in [1.165, 1.54) is 23.1 Å². The van der Waals surface area contributed by atoms with E-state index in [-0.39, 0.29) is 17.7 Å². The number of hydrogen-bond acceptors (Lipinski definition) is 7. The van der Waals surface area contributed by atoms with Gasteiger partial charge in [-0.15, -0.1) is 0 Å². The van der Waals surface area contributed by atoms with E-state index in [0.717, 1.165) is 25.9 Å². The van der Waals surface area contributed by atoms with Crippen LogP contribution in [-0.2, 0) is 4.79 Å². The summed E-state index contributed by atoms with van der Waals surface area (Å²) in [7, 11) is 3.91. The highest BCUT2D eigenvalue weighted by molar-refractivity contribution is 8.01. The van der Waals surface area contributed by atoms with Crippen molar-refractivity contribution in [2.75, 3.05) is 50.5 Å². The third kappa shape index (κ3) is 6.31. The van der Waals surface area contributed by atoms with Crippen LogP contribution >= 0.6 is 23.1 Å². The van der Waals surface area contributed by atoms with Crippen molar-refractivity contribution in [2.24, 2.45) is 0 Å². The molecule has 0 unspecified atom stereocenters. The smallest absolute Gasteiger partial charge is 0.257 e. The van der Waals surface area contributed by atoms with Crippen LogP contribution < -0.4 is 10.2 Å². The van der Waals surface area contributed by atoms with Crippen molar-refractivity contribution in [3.05, 3.63) is 64.8 Å². The fraction of sp³-hybridized carbons (Fsp3) is 0.333. The molecule has 1 aromatic heterocycles. The normalized spacial score (nSPS) is 13.4. The van der Waals surface area contributed by atoms with Crippen molar-refractivity contribution in [1.29, 1.82) is 0 Å². The van der Waals surface area contributed by atoms with Crippen molar-refractivity contribution in [3.8, 4) is 0 Å². The van der Waals surface area contributed by atoms with E-state index in [1.807, 2.05) is 62.0 Å². The maximum Gasteiger partial charge on any atom is 0.257 e. The Balaban J connectivity index is 1.44. The van der Waals surface area contributed by atoms with Gasteiger partial charge in [-0.1, -0.05) is 29.2 Å². The molecule has 37 heavy (non-hydrogen) atoms. The van der Waals surface area contributed by atoms with Gasteiger partial charge in [0.05, 0.1) is 10.4 Å². The number of rotatable bonds is 6. The van der Waals surface area contributed by atoms with Gasteiger partial charge in [0.15, 0.2) is 5.13 Å². The maximum absolute atomic E-state index is 13.3. The van der Waals surface area contributed by atoms with Crippen LogP contribution in [0.5, 0.6) is 0 Å². The van der Waals surface area contributed by atoms with Crippen LogP contribution in [0, 0.1) is 13.8 Å². The number of amides is 3. The lowest BCUT2D eigenvalue weighted by Crippen LogP contribution is -2.50. The monoisotopic (exact) mass is 537 g/mol. The summed E-state index contributed by atoms with van der Waals surface area (Å²) in [4.78, 5) is 48.5. The Bertz CT molecular complexity index is 1310. The number of nitrogens with one attached hydrogen (secondary N) is 1. The van der Waals surface area contributed by atoms with Crippen LogP contribution in [0.4, 0.5) is 10.8 Å². The second-order valence-corrected chi connectivity index (χ2v) is 11.6. The van der Waals surface area contributed by atoms with Crippen LogP contribution in [0.1, 0.15) is 38.8 Å². The van der Waals surface area contributed by atoms with E-state index < -0.39 is 0 Å². The first-order valence-corrected chi connectivity index (χ1v) is 13.6. The number of benzene rings is 2. The predicted octanol–water partition coefficient (Wildman–Crippen LogP) is 4.53. The summed E-state index contributed by atoms with van der Waals surface area (Å²) in [6.45, 7) is 7.71. The quantitative estimate of drug-likeness (QED) is 0.497. The summed E-state index contributed by atoms with van der Waals surface area (Å²) in [5.41, 5.74) is 4.26. The van der Waals surface area contributed by atoms with Gasteiger partial charge in [0.25, 0.3) is 11.8 Å². The van der Waals surface area contributed by atoms with E-state index in [0.29, 0.717) is 42.4 Å². The lowest BCUT2D eigenvalue weighted by atomic mass is 10.0. The fourth-order valence-corrected chi connectivity index (χ4v) is 6.06. The molecule has 0 spiro atoms. The standard InChI is InChI=1S/C27H31N5O3S2/c1-17-14-18(2)23(15-22(17)26(35)32-12-10-31(11-13-32)19(3)33)36-24-16-28-27(37-24)29-25(34)20-6-8-21(9-7-20)30(4)5/h6-9,14-16H,10-13H2,1-5H3,(H,28,29,34). The van der Waals surface area contributed by atoms with Crippen molar-refractivity contribution in [3.63, 3.8) is 0 Å². The van der Waals surface area contributed by atoms with Crippen molar-refractivity contribution in [2.45, 2.75) is 29.9 Å². The molecule has 4 rings (SSSR count). The van der Waals surface area contributed by atoms with Crippen molar-refractivity contribution < 1.29 is 14.4 Å². The lowest BCUT2D eigenvalue weighted by Gasteiger charge is -2.34. The molecule has 10 heteroatoms. The first-order chi connectivity index (χ1) is 17.6. The molecule has 3 amide bonds. The zero-order chi connectivity index (χ0) is 26.7. The van der Waals surface area contributed by atoms with E-state index in [4.69, 9.17) is 0 Å². The van der Waals surface area contributed by atoms with E-state index in [9.17, 15) is 14.4 Å². The molecule has 0 saturated carbocycles. The fourth-order valence-electron chi connectivity index (χ4n) is 4.12. The number of anilines is 2. The first kappa shape index (κ1) is 26.7. The van der Waals surface area contributed by atoms with Crippen LogP contribution in [0.2, 0.25) is 0 Å². The highest BCUT2D eigenvalue weighted by Crippen LogP contribution is 2.37. The minimum atomic E-state index is -0.208. The van der Waals surface area contributed by atoms with Crippen LogP contribution in [-0.4, -0.2) is 72.8 Å². The summed E-state index contributed by atoms with van der Waals surface area (Å²) in [6.07, 6.45) is 1.74. The van der Waals surface area contributed by atoms with Gasteiger partial charge in [-0.25, -0.2) is 4.98 Å². The molecule has 194 valence electrons. The van der Waals surface area contributed by atoms with Gasteiger partial charge in [-0.05, 0) is 55.3 Å². The average molecular weight is 538 g/mol. The van der Waals surface area contributed by atoms with Crippen LogP contribution in [0.25, 0.3) is 0 Å². The van der Waals surface area contributed by atoms with Crippen molar-refractivity contribution in [1.82, 2.24) is 14.8 Å². The molecule has 0 atom stereocenters. The summed E-state index contributed by atoms with van der Waals surface area (Å²) >= 11 is 2.93. The summed E-state index contributed by atoms with van der Waals surface area (Å²) in [6, 6.07) is 11.4. The Morgan fingerprint density at radius 2 is 1.62 bits per heavy atom. The number of aryl methyl sites for hydroxylation is 2. The Hall–Kier alpha value is -3.37. The number of carbonyl (C=O) groups is 3. The molecule has 1 saturated heterocycles. The molecule has 8 nitrogen and oxygen atoms in total. The lowest BCUT2D eigenvalue weighted by molar-refractivity contribution is -0.130. The van der Waals surface area contributed by atoms with Gasteiger partial charge in [-0.3, -0.25) is 19.7 Å². The SMILES string of the molecule is CC(=O)N1CCN(C(=O)c2cc(Sc3cnc(NC(=O)c4ccc(N(C)C)cc4)s3)c(C)cc2C)CC1. The highest BCUT2D eigenvalue weighted by atomic mass is 32.2. The van der Waals surface area contributed by atoms with Gasteiger partial charge >= 0.3 is 0 Å². The average Bonchev–Trinajstić information content (AvgIpc) is 3.32. The van der Waals surface area contributed by atoms with E-state index in [2.05, 4.69) is 10.3 Å². The predicted molar refractivity (Wildman–Crippen MR) is 149 cm³/mol. The number of piperazine rings is 1. The number of thiazole rings is 1. The molecule has 0 bridgehead atoms. The van der Waals surface area contributed by atoms with Gasteiger partial charge in [0.2, 0.25) is 5.91 Å². The third-order valence-electron chi connectivity index (χ3n) is 6.33. The molecular weight excluding hydrogens is 506 g/mol. The minimum Gasteiger partial charge on any atom is -0.378 e. The first-order valence-electron chi connectivity index (χ1n) is 12.0. The molecule has 0 radical (unpaired) electrons. The minimum absolute atomic E-state index is 0.0138. The maximum atomic E-state index is 13.3. The second kappa shape index (κ2) is 11.4. The number of hydrogen-bond donors (Lipinski definition) is 1. The van der Waals surface area contributed by atoms with Crippen LogP contribution in [0.3, 0.4) is 0 Å². The van der Waals surface area contributed by atoms with Crippen LogP contribution in [0.15, 0.2) is 51.7 Å². The highest BCUT2D eigenvalue weighted by Gasteiger charge is 2.25. The van der Waals surface area contributed by atoms with Gasteiger partial charge in [-0.2, -0.15) is 0 Å². The van der Waals surface area contributed by atoms with E-state index >= 15 is 0 Å². The van der Waals surface area contributed by atoms with Gasteiger partial charge < -0.3 is 14.7 Å². The Labute approximate surface area is 225 Å². The molecule has 1 N–H and O–H groups in total. The molecule has 0 aliphatic carbocycles. The van der Waals surface area contributed by atoms with Gasteiger partial charge in [0.1, 0.15) is 0 Å². The summed E-state index contributed by atoms with van der Waals surface area (Å²) < 4.78 is 0.915. The Morgan fingerprint density at radius 3 is 2.24 bits per heavy atom. The summed E-state index contributed by atoms with van der Waals surface area (Å²) in [5, 5.41) is 3.40. The molecule has 1 aliphatic rings. The topological polar surface area (TPSA) is 85.9 Å². The Morgan fingerprint density at radius 1 is 0.973 bits per heavy atom. The third-order valence-corrected chi connectivity index (χ3v) is 8.50. The summed E-state index contributed by atoms with van der Waals surface area (Å²) in [5.74, 6) is -0.180. The van der Waals surface area contributed by atoms with Crippen molar-refractivity contribution >= 4 is 51.6 Å². The molecule has 3 aromatic rings.